The number of aromatic nitrogens is 1. The molecule has 1 atom stereocenters. The SMILES string of the molecule is CCCC(C(=O)O)c1ccc([N+](=O)[O-])c(C)n1. The Hall–Kier alpha value is -1.98. The van der Waals surface area contributed by atoms with Gasteiger partial charge in [0.05, 0.1) is 16.5 Å². The van der Waals surface area contributed by atoms with Crippen molar-refractivity contribution in [2.45, 2.75) is 32.6 Å². The molecule has 0 saturated heterocycles. The minimum Gasteiger partial charge on any atom is -0.481 e. The number of carboxylic acids is 1. The molecule has 0 radical (unpaired) electrons. The lowest BCUT2D eigenvalue weighted by atomic mass is 9.99. The van der Waals surface area contributed by atoms with E-state index in [1.54, 1.807) is 0 Å². The van der Waals surface area contributed by atoms with Crippen LogP contribution in [0.2, 0.25) is 0 Å². The molecule has 6 heteroatoms. The molecular weight excluding hydrogens is 224 g/mol. The summed E-state index contributed by atoms with van der Waals surface area (Å²) in [5, 5.41) is 19.7. The van der Waals surface area contributed by atoms with E-state index in [9.17, 15) is 14.9 Å². The van der Waals surface area contributed by atoms with Crippen molar-refractivity contribution in [1.82, 2.24) is 4.98 Å². The standard InChI is InChI=1S/C11H14N2O4/c1-3-4-8(11(14)15)9-5-6-10(13(16)17)7(2)12-9/h5-6,8H,3-4H2,1-2H3,(H,14,15). The Morgan fingerprint density at radius 1 is 1.59 bits per heavy atom. The van der Waals surface area contributed by atoms with Crippen molar-refractivity contribution in [2.24, 2.45) is 0 Å². The van der Waals surface area contributed by atoms with Crippen molar-refractivity contribution in [3.05, 3.63) is 33.6 Å². The first kappa shape index (κ1) is 13.1. The molecule has 0 aliphatic heterocycles. The summed E-state index contributed by atoms with van der Waals surface area (Å²) in [5.41, 5.74) is 0.534. The Bertz CT molecular complexity index is 445. The fraction of sp³-hybridized carbons (Fsp3) is 0.455. The van der Waals surface area contributed by atoms with Crippen LogP contribution in [0.4, 0.5) is 5.69 Å². The van der Waals surface area contributed by atoms with Crippen LogP contribution in [0.1, 0.15) is 37.1 Å². The molecule has 0 amide bonds. The van der Waals surface area contributed by atoms with Gasteiger partial charge in [0.1, 0.15) is 5.69 Å². The van der Waals surface area contributed by atoms with E-state index in [2.05, 4.69) is 4.98 Å². The van der Waals surface area contributed by atoms with Crippen LogP contribution in [-0.2, 0) is 4.79 Å². The van der Waals surface area contributed by atoms with Gasteiger partial charge in [-0.15, -0.1) is 0 Å². The molecule has 92 valence electrons. The summed E-state index contributed by atoms with van der Waals surface area (Å²) in [7, 11) is 0. The Labute approximate surface area is 98.4 Å². The fourth-order valence-electron chi connectivity index (χ4n) is 1.65. The summed E-state index contributed by atoms with van der Waals surface area (Å²) in [6, 6.07) is 2.73. The smallest absolute Gasteiger partial charge is 0.312 e. The minimum absolute atomic E-state index is 0.0885. The quantitative estimate of drug-likeness (QED) is 0.627. The lowest BCUT2D eigenvalue weighted by Gasteiger charge is -2.10. The molecule has 0 aliphatic carbocycles. The van der Waals surface area contributed by atoms with Gasteiger partial charge < -0.3 is 5.11 Å². The molecule has 0 aliphatic rings. The van der Waals surface area contributed by atoms with Gasteiger partial charge >= 0.3 is 5.97 Å². The summed E-state index contributed by atoms with van der Waals surface area (Å²) < 4.78 is 0. The van der Waals surface area contributed by atoms with E-state index in [4.69, 9.17) is 5.11 Å². The Balaban J connectivity index is 3.10. The monoisotopic (exact) mass is 238 g/mol. The Kier molecular flexibility index (Phi) is 4.14. The molecular formula is C11H14N2O4. The average molecular weight is 238 g/mol. The Morgan fingerprint density at radius 2 is 2.24 bits per heavy atom. The van der Waals surface area contributed by atoms with Gasteiger partial charge in [-0.2, -0.15) is 0 Å². The van der Waals surface area contributed by atoms with Crippen molar-refractivity contribution >= 4 is 11.7 Å². The van der Waals surface area contributed by atoms with Gasteiger partial charge in [-0.25, -0.2) is 0 Å². The van der Waals surface area contributed by atoms with Crippen LogP contribution < -0.4 is 0 Å². The van der Waals surface area contributed by atoms with Crippen LogP contribution in [0, 0.1) is 17.0 Å². The predicted molar refractivity (Wildman–Crippen MR) is 60.9 cm³/mol. The molecule has 1 rings (SSSR count). The largest absolute Gasteiger partial charge is 0.481 e. The summed E-state index contributed by atoms with van der Waals surface area (Å²) in [4.78, 5) is 25.1. The second-order valence-corrected chi connectivity index (χ2v) is 3.78. The van der Waals surface area contributed by atoms with Crippen LogP contribution in [0.25, 0.3) is 0 Å². The van der Waals surface area contributed by atoms with Gasteiger partial charge in [0, 0.05) is 6.07 Å². The van der Waals surface area contributed by atoms with Crippen molar-refractivity contribution in [3.8, 4) is 0 Å². The van der Waals surface area contributed by atoms with Gasteiger partial charge in [0.2, 0.25) is 0 Å². The second kappa shape index (κ2) is 5.38. The van der Waals surface area contributed by atoms with Gasteiger partial charge in [0.15, 0.2) is 0 Å². The molecule has 0 bridgehead atoms. The van der Waals surface area contributed by atoms with E-state index < -0.39 is 16.8 Å². The van der Waals surface area contributed by atoms with Crippen molar-refractivity contribution in [3.63, 3.8) is 0 Å². The van der Waals surface area contributed by atoms with E-state index in [1.807, 2.05) is 6.92 Å². The summed E-state index contributed by atoms with van der Waals surface area (Å²) in [6.07, 6.45) is 1.19. The summed E-state index contributed by atoms with van der Waals surface area (Å²) in [6.45, 7) is 3.39. The molecule has 0 fully saturated rings. The maximum atomic E-state index is 11.0. The molecule has 6 nitrogen and oxygen atoms in total. The lowest BCUT2D eigenvalue weighted by molar-refractivity contribution is -0.385. The highest BCUT2D eigenvalue weighted by atomic mass is 16.6. The molecule has 1 aromatic rings. The number of aryl methyl sites for hydroxylation is 1. The molecule has 1 N–H and O–H groups in total. The number of aliphatic carboxylic acids is 1. The molecule has 1 heterocycles. The highest BCUT2D eigenvalue weighted by Gasteiger charge is 2.22. The topological polar surface area (TPSA) is 93.3 Å². The van der Waals surface area contributed by atoms with Crippen molar-refractivity contribution in [1.29, 1.82) is 0 Å². The maximum Gasteiger partial charge on any atom is 0.312 e. The maximum absolute atomic E-state index is 11.0. The number of rotatable bonds is 5. The first-order chi connectivity index (χ1) is 7.97. The molecule has 0 aromatic carbocycles. The first-order valence-electron chi connectivity index (χ1n) is 5.32. The molecule has 0 saturated carbocycles. The minimum atomic E-state index is -0.951. The third-order valence-electron chi connectivity index (χ3n) is 2.51. The zero-order valence-electron chi connectivity index (χ0n) is 9.71. The Morgan fingerprint density at radius 3 is 2.65 bits per heavy atom. The number of hydrogen-bond acceptors (Lipinski definition) is 4. The van der Waals surface area contributed by atoms with E-state index in [-0.39, 0.29) is 11.4 Å². The first-order valence-corrected chi connectivity index (χ1v) is 5.32. The summed E-state index contributed by atoms with van der Waals surface area (Å²) >= 11 is 0. The number of hydrogen-bond donors (Lipinski definition) is 1. The normalized spacial score (nSPS) is 12.1. The fourth-order valence-corrected chi connectivity index (χ4v) is 1.65. The van der Waals surface area contributed by atoms with Gasteiger partial charge in [-0.3, -0.25) is 19.9 Å². The zero-order valence-corrected chi connectivity index (χ0v) is 9.71. The predicted octanol–water partition coefficient (Wildman–Crippen LogP) is 2.27. The average Bonchev–Trinajstić information content (AvgIpc) is 2.24. The highest BCUT2D eigenvalue weighted by molar-refractivity contribution is 5.75. The lowest BCUT2D eigenvalue weighted by Crippen LogP contribution is -2.13. The third-order valence-corrected chi connectivity index (χ3v) is 2.51. The van der Waals surface area contributed by atoms with Crippen LogP contribution in [-0.4, -0.2) is 21.0 Å². The van der Waals surface area contributed by atoms with E-state index >= 15 is 0 Å². The molecule has 0 spiro atoms. The van der Waals surface area contributed by atoms with E-state index in [0.717, 1.165) is 0 Å². The third kappa shape index (κ3) is 2.99. The van der Waals surface area contributed by atoms with Crippen molar-refractivity contribution in [2.75, 3.05) is 0 Å². The van der Waals surface area contributed by atoms with Crippen LogP contribution in [0.3, 0.4) is 0 Å². The van der Waals surface area contributed by atoms with Crippen LogP contribution in [0.15, 0.2) is 12.1 Å². The van der Waals surface area contributed by atoms with Gasteiger partial charge in [-0.1, -0.05) is 13.3 Å². The van der Waals surface area contributed by atoms with Gasteiger partial charge in [0.25, 0.3) is 5.69 Å². The van der Waals surface area contributed by atoms with Crippen LogP contribution in [0.5, 0.6) is 0 Å². The number of nitrogens with zero attached hydrogens (tertiary/aromatic N) is 2. The molecule has 1 aromatic heterocycles. The van der Waals surface area contributed by atoms with E-state index in [1.165, 1.54) is 19.1 Å². The van der Waals surface area contributed by atoms with Crippen LogP contribution >= 0.6 is 0 Å². The zero-order chi connectivity index (χ0) is 13.0. The number of nitro groups is 1. The van der Waals surface area contributed by atoms with Gasteiger partial charge in [-0.05, 0) is 19.4 Å². The molecule has 1 unspecified atom stereocenters. The second-order valence-electron chi connectivity index (χ2n) is 3.78. The number of carboxylic acid groups (broad SMARTS) is 1. The van der Waals surface area contributed by atoms with E-state index in [0.29, 0.717) is 18.5 Å². The number of pyridine rings is 1. The number of carbonyl (C=O) groups is 1. The highest BCUT2D eigenvalue weighted by Crippen LogP contribution is 2.23. The van der Waals surface area contributed by atoms with Crippen molar-refractivity contribution < 1.29 is 14.8 Å². The summed E-state index contributed by atoms with van der Waals surface area (Å²) in [5.74, 6) is -1.65. The molecule has 17 heavy (non-hydrogen) atoms.